The minimum Gasteiger partial charge on any atom is -0.379 e. The monoisotopic (exact) mass is 935 g/mol. The predicted octanol–water partition coefficient (Wildman–Crippen LogP) is 1.26. The lowest BCUT2D eigenvalue weighted by Gasteiger charge is -2.02. The molecule has 0 aliphatic rings. The van der Waals surface area contributed by atoms with Crippen molar-refractivity contribution in [2.45, 2.75) is 32.4 Å². The summed E-state index contributed by atoms with van der Waals surface area (Å²) in [4.78, 5) is 36.1. The molecule has 9 rings (SSSR count). The first-order valence-electron chi connectivity index (χ1n) is 18.4. The van der Waals surface area contributed by atoms with Gasteiger partial charge in [-0.25, -0.2) is 18.6 Å². The molecule has 64 heavy (non-hydrogen) atoms. The maximum Gasteiger partial charge on any atom is 0.230 e. The maximum atomic E-state index is 12.1. The van der Waals surface area contributed by atoms with E-state index in [1.165, 1.54) is 9.48 Å². The SMILES string of the molecule is Nc1nonc1-c1nn[nH]n1.Nc1nonc1-c1nnn(CC(=O)Cc2ccccc2)n1.Nc1nonc1-c1nnnn1CC(=O)Cc1ccccc1.O=C(CBr)Cc1ccccc1. The molecule has 0 spiro atoms. The van der Waals surface area contributed by atoms with Gasteiger partial charge in [-0.05, 0) is 68.5 Å². The number of hydrogen-bond acceptors (Lipinski definition) is 24. The van der Waals surface area contributed by atoms with Crippen molar-refractivity contribution in [1.82, 2.24) is 92.0 Å². The number of nitrogens with zero attached hydrogens (tertiary/aromatic N) is 17. The molecule has 3 aromatic carbocycles. The van der Waals surface area contributed by atoms with Gasteiger partial charge in [0.2, 0.25) is 17.5 Å². The molecule has 0 saturated heterocycles. The number of halogens is 1. The summed E-state index contributed by atoms with van der Waals surface area (Å²) in [7, 11) is 0. The van der Waals surface area contributed by atoms with Crippen molar-refractivity contribution in [3.63, 3.8) is 0 Å². The first-order valence-corrected chi connectivity index (χ1v) is 19.5. The number of Topliss-reactive ketones (excluding diaryl/α,β-unsaturated/α-hetero) is 3. The molecule has 7 N–H and O–H groups in total. The summed E-state index contributed by atoms with van der Waals surface area (Å²) in [5.41, 5.74) is 20.1. The summed E-state index contributed by atoms with van der Waals surface area (Å²) in [6, 6.07) is 28.6. The molecule has 0 radical (unpaired) electrons. The molecule has 9 aromatic rings. The second-order valence-electron chi connectivity index (χ2n) is 12.8. The Morgan fingerprint density at radius 3 is 1.52 bits per heavy atom. The Labute approximate surface area is 367 Å². The van der Waals surface area contributed by atoms with E-state index in [9.17, 15) is 14.4 Å². The van der Waals surface area contributed by atoms with Crippen LogP contribution in [0, 0.1) is 0 Å². The van der Waals surface area contributed by atoms with E-state index >= 15 is 0 Å². The fourth-order valence-electron chi connectivity index (χ4n) is 5.15. The van der Waals surface area contributed by atoms with Gasteiger partial charge in [0.05, 0.1) is 5.33 Å². The molecule has 28 heteroatoms. The van der Waals surface area contributed by atoms with Crippen LogP contribution in [0.1, 0.15) is 16.7 Å². The molecule has 0 aliphatic heterocycles. The summed E-state index contributed by atoms with van der Waals surface area (Å²) < 4.78 is 14.6. The van der Waals surface area contributed by atoms with Crippen molar-refractivity contribution in [3.8, 4) is 34.6 Å². The molecule has 0 fully saturated rings. The zero-order valence-corrected chi connectivity index (χ0v) is 34.7. The molecular formula is C36H34BrN21O6. The zero-order chi connectivity index (χ0) is 45.1. The van der Waals surface area contributed by atoms with E-state index < -0.39 is 0 Å². The quantitative estimate of drug-likeness (QED) is 0.111. The van der Waals surface area contributed by atoms with Crippen LogP contribution in [-0.2, 0) is 46.7 Å². The van der Waals surface area contributed by atoms with Gasteiger partial charge in [-0.15, -0.1) is 25.5 Å². The van der Waals surface area contributed by atoms with E-state index in [1.54, 1.807) is 0 Å². The molecule has 0 saturated carbocycles. The van der Waals surface area contributed by atoms with Crippen LogP contribution in [0.15, 0.2) is 105 Å². The fourth-order valence-corrected chi connectivity index (χ4v) is 5.35. The Bertz CT molecular complexity index is 2810. The summed E-state index contributed by atoms with van der Waals surface area (Å²) in [5, 5.41) is 56.8. The highest BCUT2D eigenvalue weighted by atomic mass is 79.9. The van der Waals surface area contributed by atoms with E-state index in [-0.39, 0.29) is 76.8 Å². The van der Waals surface area contributed by atoms with Gasteiger partial charge >= 0.3 is 0 Å². The first kappa shape index (κ1) is 44.7. The van der Waals surface area contributed by atoms with Gasteiger partial charge in [0, 0.05) is 19.3 Å². The van der Waals surface area contributed by atoms with E-state index in [0.717, 1.165) is 16.7 Å². The Hall–Kier alpha value is -8.82. The molecule has 27 nitrogen and oxygen atoms in total. The van der Waals surface area contributed by atoms with Crippen LogP contribution in [0.4, 0.5) is 17.5 Å². The van der Waals surface area contributed by atoms with Gasteiger partial charge < -0.3 is 17.2 Å². The average molecular weight is 937 g/mol. The fraction of sp³-hybridized carbons (Fsp3) is 0.167. The van der Waals surface area contributed by atoms with E-state index in [0.29, 0.717) is 30.3 Å². The number of nitrogens with two attached hydrogens (primary N) is 3. The lowest BCUT2D eigenvalue weighted by molar-refractivity contribution is -0.120. The number of tetrazole rings is 3. The second kappa shape index (κ2) is 22.7. The number of alkyl halides is 1. The Balaban J connectivity index is 0.000000148. The normalized spacial score (nSPS) is 10.4. The highest BCUT2D eigenvalue weighted by molar-refractivity contribution is 9.09. The van der Waals surface area contributed by atoms with Crippen LogP contribution in [0.5, 0.6) is 0 Å². The molecule has 0 aliphatic carbocycles. The maximum absolute atomic E-state index is 12.1. The Morgan fingerprint density at radius 1 is 0.562 bits per heavy atom. The number of ketones is 3. The van der Waals surface area contributed by atoms with Crippen LogP contribution in [0.3, 0.4) is 0 Å². The third kappa shape index (κ3) is 13.1. The van der Waals surface area contributed by atoms with E-state index in [4.69, 9.17) is 17.2 Å². The van der Waals surface area contributed by atoms with Crippen molar-refractivity contribution >= 4 is 50.7 Å². The van der Waals surface area contributed by atoms with Gasteiger partial charge in [0.15, 0.2) is 46.1 Å². The van der Waals surface area contributed by atoms with Crippen LogP contribution in [0.2, 0.25) is 0 Å². The number of anilines is 3. The highest BCUT2D eigenvalue weighted by Crippen LogP contribution is 2.19. The number of carbonyl (C=O) groups is 3. The predicted molar refractivity (Wildman–Crippen MR) is 222 cm³/mol. The van der Waals surface area contributed by atoms with Crippen LogP contribution < -0.4 is 17.2 Å². The van der Waals surface area contributed by atoms with E-state index in [2.05, 4.69) is 112 Å². The van der Waals surface area contributed by atoms with Gasteiger partial charge in [-0.3, -0.25) is 14.4 Å². The largest absolute Gasteiger partial charge is 0.379 e. The summed E-state index contributed by atoms with van der Waals surface area (Å²) in [6.45, 7) is 0.0383. The van der Waals surface area contributed by atoms with Gasteiger partial charge in [-0.2, -0.15) is 10.0 Å². The van der Waals surface area contributed by atoms with Crippen molar-refractivity contribution in [3.05, 3.63) is 108 Å². The number of aromatic nitrogens is 18. The molecule has 0 atom stereocenters. The van der Waals surface area contributed by atoms with Crippen molar-refractivity contribution < 1.29 is 28.3 Å². The van der Waals surface area contributed by atoms with Gasteiger partial charge in [-0.1, -0.05) is 107 Å². The van der Waals surface area contributed by atoms with Gasteiger partial charge in [0.25, 0.3) is 0 Å². The van der Waals surface area contributed by atoms with E-state index in [1.807, 2.05) is 91.0 Å². The van der Waals surface area contributed by atoms with Crippen LogP contribution >= 0.6 is 15.9 Å². The second-order valence-corrected chi connectivity index (χ2v) is 13.3. The van der Waals surface area contributed by atoms with Crippen molar-refractivity contribution in [1.29, 1.82) is 0 Å². The third-order valence-corrected chi connectivity index (χ3v) is 8.66. The molecule has 0 unspecified atom stereocenters. The summed E-state index contributed by atoms with van der Waals surface area (Å²) in [5.74, 6) is 1.12. The number of aromatic amines is 1. The zero-order valence-electron chi connectivity index (χ0n) is 33.1. The topological polar surface area (TPSA) is 388 Å². The number of benzene rings is 3. The van der Waals surface area contributed by atoms with Crippen LogP contribution in [0.25, 0.3) is 34.6 Å². The minimum atomic E-state index is -0.0372. The first-order chi connectivity index (χ1) is 31.2. The Morgan fingerprint density at radius 2 is 1.05 bits per heavy atom. The summed E-state index contributed by atoms with van der Waals surface area (Å²) >= 11 is 3.12. The summed E-state index contributed by atoms with van der Waals surface area (Å²) in [6.07, 6.45) is 1.14. The molecular weight excluding hydrogens is 902 g/mol. The smallest absolute Gasteiger partial charge is 0.230 e. The highest BCUT2D eigenvalue weighted by Gasteiger charge is 2.20. The number of carbonyl (C=O) groups excluding carboxylic acids is 3. The van der Waals surface area contributed by atoms with Crippen molar-refractivity contribution in [2.75, 3.05) is 22.5 Å². The molecule has 6 aromatic heterocycles. The molecule has 6 heterocycles. The number of rotatable bonds is 14. The number of H-pyrrole nitrogens is 1. The third-order valence-electron chi connectivity index (χ3n) is 8.03. The minimum absolute atomic E-state index is 0.0174. The average Bonchev–Trinajstić information content (AvgIpc) is 4.17. The van der Waals surface area contributed by atoms with Crippen molar-refractivity contribution in [2.24, 2.45) is 0 Å². The molecule has 0 bridgehead atoms. The lowest BCUT2D eigenvalue weighted by atomic mass is 10.1. The molecule has 326 valence electrons. The number of hydrogen-bond donors (Lipinski definition) is 4. The Kier molecular flexibility index (Phi) is 15.9. The van der Waals surface area contributed by atoms with Gasteiger partial charge in [0.1, 0.15) is 18.9 Å². The standard InChI is InChI=1S/2C12H11N7O2.C9H9BrO.C3H3N7O/c13-11-10(16-21-17-11)12-14-18-19(15-12)7-9(20)6-8-4-2-1-3-5-8;13-11-10(15-21-16-11)12-14-17-18-19(12)7-9(20)6-8-4-2-1-3-5-8;10-7-9(11)6-8-4-2-1-3-5-8;4-2-1(7-11-8-2)3-5-9-10-6-3/h1-5H,6-7H2,(H2,13,17);1-5H,6-7H2,(H2,13,16);1-5H,6-7H2;(H2,4,8)(H,5,6,9,10). The number of nitrogens with one attached hydrogen (secondary N) is 1. The molecule has 0 amide bonds. The van der Waals surface area contributed by atoms with Crippen LogP contribution in [-0.4, -0.2) is 115 Å². The lowest BCUT2D eigenvalue weighted by Crippen LogP contribution is -2.15. The number of nitrogen functional groups attached to an aromatic ring is 3.